The van der Waals surface area contributed by atoms with Crippen LogP contribution < -0.4 is 10.1 Å². The summed E-state index contributed by atoms with van der Waals surface area (Å²) in [7, 11) is 0. The molecule has 0 unspecified atom stereocenters. The lowest BCUT2D eigenvalue weighted by atomic mass is 10.1. The Morgan fingerprint density at radius 1 is 0.964 bits per heavy atom. The molecule has 1 aromatic heterocycles. The van der Waals surface area contributed by atoms with Gasteiger partial charge in [0, 0.05) is 10.6 Å². The fraction of sp³-hybridized carbons (Fsp3) is 0. The lowest BCUT2D eigenvalue weighted by Gasteiger charge is -2.12. The van der Waals surface area contributed by atoms with E-state index in [1.807, 2.05) is 60.7 Å². The maximum atomic E-state index is 12.9. The van der Waals surface area contributed by atoms with E-state index in [4.69, 9.17) is 16.3 Å². The summed E-state index contributed by atoms with van der Waals surface area (Å²) in [5, 5.41) is 7.46. The number of rotatable bonds is 5. The number of benzene rings is 3. The van der Waals surface area contributed by atoms with Gasteiger partial charge in [0.05, 0.1) is 5.69 Å². The van der Waals surface area contributed by atoms with Crippen molar-refractivity contribution in [1.29, 1.82) is 0 Å². The second-order valence-electron chi connectivity index (χ2n) is 5.83. The highest BCUT2D eigenvalue weighted by molar-refractivity contribution is 7.08. The Morgan fingerprint density at radius 3 is 2.43 bits per heavy atom. The number of para-hydroxylation sites is 1. The van der Waals surface area contributed by atoms with E-state index in [0.717, 1.165) is 17.1 Å². The van der Waals surface area contributed by atoms with Gasteiger partial charge in [0.25, 0.3) is 5.91 Å². The van der Waals surface area contributed by atoms with Crippen LogP contribution in [0.3, 0.4) is 0 Å². The summed E-state index contributed by atoms with van der Waals surface area (Å²) < 4.78 is 9.84. The summed E-state index contributed by atoms with van der Waals surface area (Å²) in [4.78, 5) is 13.3. The van der Waals surface area contributed by atoms with Crippen molar-refractivity contribution in [2.24, 2.45) is 0 Å². The van der Waals surface area contributed by atoms with E-state index >= 15 is 0 Å². The predicted octanol–water partition coefficient (Wildman–Crippen LogP) is 5.90. The number of amides is 1. The molecule has 0 spiro atoms. The van der Waals surface area contributed by atoms with E-state index in [1.54, 1.807) is 18.2 Å². The first-order chi connectivity index (χ1) is 13.7. The van der Waals surface area contributed by atoms with Crippen molar-refractivity contribution in [3.8, 4) is 22.8 Å². The van der Waals surface area contributed by atoms with Crippen molar-refractivity contribution >= 4 is 34.7 Å². The number of carbonyl (C=O) groups excluding carboxylic acids is 1. The topological polar surface area (TPSA) is 64.1 Å². The van der Waals surface area contributed by atoms with Crippen LogP contribution in [-0.2, 0) is 0 Å². The molecule has 0 aliphatic carbocycles. The average Bonchev–Trinajstić information content (AvgIpc) is 3.22. The molecule has 138 valence electrons. The molecule has 1 heterocycles. The smallest absolute Gasteiger partial charge is 0.269 e. The first-order valence-electron chi connectivity index (χ1n) is 8.42. The average molecular weight is 408 g/mol. The van der Waals surface area contributed by atoms with Gasteiger partial charge in [0.15, 0.2) is 5.75 Å². The van der Waals surface area contributed by atoms with Gasteiger partial charge in [-0.25, -0.2) is 0 Å². The fourth-order valence-electron chi connectivity index (χ4n) is 2.61. The monoisotopic (exact) mass is 407 g/mol. The second-order valence-corrected chi connectivity index (χ2v) is 7.02. The number of anilines is 1. The van der Waals surface area contributed by atoms with Crippen LogP contribution in [-0.4, -0.2) is 15.5 Å². The summed E-state index contributed by atoms with van der Waals surface area (Å²) in [6, 6.07) is 23.8. The van der Waals surface area contributed by atoms with Crippen LogP contribution in [0.2, 0.25) is 5.02 Å². The summed E-state index contributed by atoms with van der Waals surface area (Å²) in [5.74, 6) is 0.821. The summed E-state index contributed by atoms with van der Waals surface area (Å²) in [6.07, 6.45) is 0. The minimum atomic E-state index is -0.325. The van der Waals surface area contributed by atoms with Crippen LogP contribution in [0.5, 0.6) is 11.5 Å². The highest BCUT2D eigenvalue weighted by Crippen LogP contribution is 2.33. The Morgan fingerprint density at radius 2 is 1.68 bits per heavy atom. The first-order valence-corrected chi connectivity index (χ1v) is 9.57. The molecule has 0 aliphatic rings. The van der Waals surface area contributed by atoms with Crippen LogP contribution in [0.4, 0.5) is 5.69 Å². The van der Waals surface area contributed by atoms with Gasteiger partial charge in [0.2, 0.25) is 0 Å². The minimum Gasteiger partial charge on any atom is -0.455 e. The summed E-state index contributed by atoms with van der Waals surface area (Å²) in [6.45, 7) is 0. The van der Waals surface area contributed by atoms with Crippen molar-refractivity contribution in [1.82, 2.24) is 9.59 Å². The molecule has 3 aromatic carbocycles. The Hall–Kier alpha value is -3.22. The van der Waals surface area contributed by atoms with Crippen LogP contribution in [0.25, 0.3) is 11.3 Å². The van der Waals surface area contributed by atoms with E-state index < -0.39 is 0 Å². The van der Waals surface area contributed by atoms with Crippen LogP contribution in [0.1, 0.15) is 9.67 Å². The Bertz CT molecular complexity index is 1100. The molecule has 0 saturated carbocycles. The van der Waals surface area contributed by atoms with Crippen molar-refractivity contribution in [3.63, 3.8) is 0 Å². The van der Waals surface area contributed by atoms with Crippen LogP contribution in [0.15, 0.2) is 78.9 Å². The molecule has 4 rings (SSSR count). The maximum absolute atomic E-state index is 12.9. The summed E-state index contributed by atoms with van der Waals surface area (Å²) >= 11 is 7.17. The van der Waals surface area contributed by atoms with Crippen molar-refractivity contribution in [2.45, 2.75) is 0 Å². The predicted molar refractivity (Wildman–Crippen MR) is 111 cm³/mol. The molecule has 1 N–H and O–H groups in total. The second kappa shape index (κ2) is 8.21. The van der Waals surface area contributed by atoms with E-state index in [1.165, 1.54) is 0 Å². The number of hydrogen-bond acceptors (Lipinski definition) is 5. The number of carbonyl (C=O) groups is 1. The molecule has 4 aromatic rings. The molecule has 0 atom stereocenters. The maximum Gasteiger partial charge on any atom is 0.269 e. The third-order valence-corrected chi connectivity index (χ3v) is 4.86. The third-order valence-electron chi connectivity index (χ3n) is 3.90. The molecule has 0 bridgehead atoms. The quantitative estimate of drug-likeness (QED) is 0.447. The van der Waals surface area contributed by atoms with Gasteiger partial charge < -0.3 is 10.1 Å². The van der Waals surface area contributed by atoms with Crippen LogP contribution >= 0.6 is 23.1 Å². The zero-order valence-corrected chi connectivity index (χ0v) is 16.1. The van der Waals surface area contributed by atoms with Crippen molar-refractivity contribution < 1.29 is 9.53 Å². The lowest BCUT2D eigenvalue weighted by molar-refractivity contribution is 0.103. The standard InChI is InChI=1S/C21H14ClN3O2S/c22-15-11-12-18(27-16-9-5-2-6-10-16)17(13-15)23-21(26)20-19(24-25-28-20)14-7-3-1-4-8-14/h1-13H,(H,23,26). The van der Waals surface area contributed by atoms with Gasteiger partial charge in [-0.3, -0.25) is 4.79 Å². The van der Waals surface area contributed by atoms with Crippen LogP contribution in [0, 0.1) is 0 Å². The molecule has 0 saturated heterocycles. The zero-order valence-electron chi connectivity index (χ0n) is 14.5. The molecule has 0 radical (unpaired) electrons. The van der Waals surface area contributed by atoms with Gasteiger partial charge in [-0.2, -0.15) is 0 Å². The SMILES string of the molecule is O=C(Nc1cc(Cl)ccc1Oc1ccccc1)c1snnc1-c1ccccc1. The van der Waals surface area contributed by atoms with Gasteiger partial charge in [-0.15, -0.1) is 5.10 Å². The summed E-state index contributed by atoms with van der Waals surface area (Å²) in [5.41, 5.74) is 1.83. The molecule has 5 nitrogen and oxygen atoms in total. The van der Waals surface area contributed by atoms with E-state index in [9.17, 15) is 4.79 Å². The Kier molecular flexibility index (Phi) is 5.32. The molecule has 28 heavy (non-hydrogen) atoms. The minimum absolute atomic E-state index is 0.325. The Balaban J connectivity index is 1.62. The Labute approximate surface area is 170 Å². The molecular formula is C21H14ClN3O2S. The number of ether oxygens (including phenoxy) is 1. The van der Waals surface area contributed by atoms with E-state index in [-0.39, 0.29) is 5.91 Å². The fourth-order valence-corrected chi connectivity index (χ4v) is 3.36. The molecular weight excluding hydrogens is 394 g/mol. The third kappa shape index (κ3) is 4.03. The lowest BCUT2D eigenvalue weighted by Crippen LogP contribution is -2.12. The number of hydrogen-bond donors (Lipinski definition) is 1. The number of nitrogens with zero attached hydrogens (tertiary/aromatic N) is 2. The highest BCUT2D eigenvalue weighted by Gasteiger charge is 2.19. The molecule has 1 amide bonds. The molecule has 0 aliphatic heterocycles. The number of aromatic nitrogens is 2. The van der Waals surface area contributed by atoms with Crippen molar-refractivity contribution in [3.05, 3.63) is 88.8 Å². The van der Waals surface area contributed by atoms with E-state index in [2.05, 4.69) is 14.9 Å². The first kappa shape index (κ1) is 18.2. The van der Waals surface area contributed by atoms with Gasteiger partial charge in [0.1, 0.15) is 16.3 Å². The van der Waals surface area contributed by atoms with Gasteiger partial charge in [-0.1, -0.05) is 64.6 Å². The number of halogens is 1. The zero-order chi connectivity index (χ0) is 19.3. The van der Waals surface area contributed by atoms with E-state index in [0.29, 0.717) is 32.8 Å². The van der Waals surface area contributed by atoms with Crippen molar-refractivity contribution in [2.75, 3.05) is 5.32 Å². The van der Waals surface area contributed by atoms with Gasteiger partial charge in [-0.05, 0) is 41.9 Å². The largest absolute Gasteiger partial charge is 0.455 e. The normalized spacial score (nSPS) is 10.5. The molecule has 7 heteroatoms. The van der Waals surface area contributed by atoms with Gasteiger partial charge >= 0.3 is 0 Å². The number of nitrogens with one attached hydrogen (secondary N) is 1. The highest BCUT2D eigenvalue weighted by atomic mass is 35.5. The molecule has 0 fully saturated rings.